The molecule has 2 aromatic carbocycles. The fourth-order valence-electron chi connectivity index (χ4n) is 4.82. The van der Waals surface area contributed by atoms with Crippen LogP contribution in [0.2, 0.25) is 0 Å². The van der Waals surface area contributed by atoms with Crippen molar-refractivity contribution in [2.45, 2.75) is 77.4 Å². The summed E-state index contributed by atoms with van der Waals surface area (Å²) in [5.41, 5.74) is 1.81. The van der Waals surface area contributed by atoms with Gasteiger partial charge in [-0.2, -0.15) is 0 Å². The lowest BCUT2D eigenvalue weighted by Gasteiger charge is -2.50. The molecule has 0 spiro atoms. The van der Waals surface area contributed by atoms with Crippen LogP contribution in [0.3, 0.4) is 0 Å². The lowest BCUT2D eigenvalue weighted by Crippen LogP contribution is -2.50. The molecule has 0 N–H and O–H groups in total. The van der Waals surface area contributed by atoms with E-state index in [2.05, 4.69) is 99.9 Å². The molecule has 164 valence electrons. The molecule has 1 fully saturated rings. The molecule has 0 radical (unpaired) electrons. The summed E-state index contributed by atoms with van der Waals surface area (Å²) in [6.45, 7) is 12.6. The van der Waals surface area contributed by atoms with Crippen molar-refractivity contribution >= 4 is 0 Å². The maximum atomic E-state index is 6.73. The number of benzene rings is 2. The SMILES string of the molecule is CC(C)N(CC#C[C@@]1(C)CC[C@@H]2[C@@H](O1)c1ccccc1OC2(C)C)Cc1ccccc1. The third-order valence-corrected chi connectivity index (χ3v) is 6.77. The molecule has 0 amide bonds. The highest BCUT2D eigenvalue weighted by Gasteiger charge is 2.49. The van der Waals surface area contributed by atoms with Gasteiger partial charge in [0.1, 0.15) is 17.0 Å². The van der Waals surface area contributed by atoms with Crippen LogP contribution in [0.25, 0.3) is 0 Å². The Morgan fingerprint density at radius 3 is 2.48 bits per heavy atom. The zero-order valence-corrected chi connectivity index (χ0v) is 19.5. The molecule has 3 nitrogen and oxygen atoms in total. The zero-order valence-electron chi connectivity index (χ0n) is 19.5. The van der Waals surface area contributed by atoms with Gasteiger partial charge in [-0.05, 0) is 59.1 Å². The summed E-state index contributed by atoms with van der Waals surface area (Å²) in [5, 5.41) is 0. The van der Waals surface area contributed by atoms with Crippen LogP contribution < -0.4 is 4.74 Å². The maximum absolute atomic E-state index is 6.73. The predicted molar refractivity (Wildman–Crippen MR) is 126 cm³/mol. The highest BCUT2D eigenvalue weighted by atomic mass is 16.5. The maximum Gasteiger partial charge on any atom is 0.126 e. The second-order valence-corrected chi connectivity index (χ2v) is 9.94. The number of hydrogen-bond donors (Lipinski definition) is 0. The second-order valence-electron chi connectivity index (χ2n) is 9.94. The van der Waals surface area contributed by atoms with Gasteiger partial charge in [-0.3, -0.25) is 4.90 Å². The number of ether oxygens (including phenoxy) is 2. The molecule has 0 saturated carbocycles. The van der Waals surface area contributed by atoms with Crippen molar-refractivity contribution in [2.24, 2.45) is 5.92 Å². The van der Waals surface area contributed by atoms with Crippen LogP contribution >= 0.6 is 0 Å². The van der Waals surface area contributed by atoms with Crippen molar-refractivity contribution in [3.63, 3.8) is 0 Å². The molecule has 0 aliphatic carbocycles. The van der Waals surface area contributed by atoms with Gasteiger partial charge in [-0.25, -0.2) is 0 Å². The van der Waals surface area contributed by atoms with Gasteiger partial charge < -0.3 is 9.47 Å². The van der Waals surface area contributed by atoms with Crippen molar-refractivity contribution in [3.8, 4) is 17.6 Å². The number of para-hydroxylation sites is 1. The summed E-state index contributed by atoms with van der Waals surface area (Å²) in [6.07, 6.45) is 2.00. The minimum Gasteiger partial charge on any atom is -0.487 e. The molecule has 2 aromatic rings. The first-order chi connectivity index (χ1) is 14.8. The summed E-state index contributed by atoms with van der Waals surface area (Å²) >= 11 is 0. The average molecular weight is 418 g/mol. The molecule has 31 heavy (non-hydrogen) atoms. The van der Waals surface area contributed by atoms with Gasteiger partial charge in [0.15, 0.2) is 0 Å². The predicted octanol–water partition coefficient (Wildman–Crippen LogP) is 6.00. The van der Waals surface area contributed by atoms with Crippen LogP contribution in [0.1, 0.15) is 64.7 Å². The molecule has 3 heteroatoms. The van der Waals surface area contributed by atoms with Crippen molar-refractivity contribution in [2.75, 3.05) is 6.54 Å². The quantitative estimate of drug-likeness (QED) is 0.570. The van der Waals surface area contributed by atoms with E-state index in [-0.39, 0.29) is 11.7 Å². The van der Waals surface area contributed by atoms with Crippen LogP contribution in [-0.4, -0.2) is 28.7 Å². The van der Waals surface area contributed by atoms with Crippen LogP contribution in [0.5, 0.6) is 5.75 Å². The van der Waals surface area contributed by atoms with Crippen molar-refractivity contribution < 1.29 is 9.47 Å². The minimum absolute atomic E-state index is 0.0264. The number of rotatable bonds is 4. The topological polar surface area (TPSA) is 21.7 Å². The molecular formula is C28H35NO2. The monoisotopic (exact) mass is 417 g/mol. The van der Waals surface area contributed by atoms with Crippen LogP contribution in [-0.2, 0) is 11.3 Å². The summed E-state index contributed by atoms with van der Waals surface area (Å²) in [4.78, 5) is 2.41. The van der Waals surface area contributed by atoms with E-state index < -0.39 is 5.60 Å². The Labute approximate surface area is 187 Å². The Kier molecular flexibility index (Phi) is 6.15. The highest BCUT2D eigenvalue weighted by molar-refractivity contribution is 5.39. The average Bonchev–Trinajstić information content (AvgIpc) is 2.73. The molecule has 0 bridgehead atoms. The van der Waals surface area contributed by atoms with E-state index in [0.717, 1.165) is 37.2 Å². The fraction of sp³-hybridized carbons (Fsp3) is 0.500. The molecule has 2 aliphatic heterocycles. The molecule has 3 atom stereocenters. The summed E-state index contributed by atoms with van der Waals surface area (Å²) in [6, 6.07) is 19.3. The van der Waals surface area contributed by atoms with Gasteiger partial charge >= 0.3 is 0 Å². The van der Waals surface area contributed by atoms with E-state index in [4.69, 9.17) is 9.47 Å². The Hall–Kier alpha value is -2.28. The van der Waals surface area contributed by atoms with Crippen molar-refractivity contribution in [3.05, 3.63) is 65.7 Å². The van der Waals surface area contributed by atoms with E-state index >= 15 is 0 Å². The summed E-state index contributed by atoms with van der Waals surface area (Å²) in [7, 11) is 0. The fourth-order valence-corrected chi connectivity index (χ4v) is 4.82. The highest BCUT2D eigenvalue weighted by Crippen LogP contribution is 2.52. The molecule has 0 aromatic heterocycles. The van der Waals surface area contributed by atoms with Gasteiger partial charge in [0.05, 0.1) is 12.6 Å². The summed E-state index contributed by atoms with van der Waals surface area (Å²) in [5.74, 6) is 8.24. The first-order valence-electron chi connectivity index (χ1n) is 11.5. The lowest BCUT2D eigenvalue weighted by atomic mass is 9.73. The Bertz CT molecular complexity index is 956. The molecule has 2 heterocycles. The minimum atomic E-state index is -0.433. The van der Waals surface area contributed by atoms with E-state index in [9.17, 15) is 0 Å². The van der Waals surface area contributed by atoms with Crippen LogP contribution in [0, 0.1) is 17.8 Å². The van der Waals surface area contributed by atoms with Gasteiger partial charge in [0, 0.05) is 24.1 Å². The molecular weight excluding hydrogens is 382 g/mol. The molecule has 4 rings (SSSR count). The lowest BCUT2D eigenvalue weighted by molar-refractivity contribution is -0.169. The van der Waals surface area contributed by atoms with E-state index in [1.165, 1.54) is 5.56 Å². The van der Waals surface area contributed by atoms with E-state index in [1.54, 1.807) is 0 Å². The van der Waals surface area contributed by atoms with Gasteiger partial charge in [0.25, 0.3) is 0 Å². The van der Waals surface area contributed by atoms with Crippen LogP contribution in [0.4, 0.5) is 0 Å². The van der Waals surface area contributed by atoms with Crippen molar-refractivity contribution in [1.82, 2.24) is 4.90 Å². The van der Waals surface area contributed by atoms with Crippen LogP contribution in [0.15, 0.2) is 54.6 Å². The van der Waals surface area contributed by atoms with E-state index in [0.29, 0.717) is 12.0 Å². The Morgan fingerprint density at radius 2 is 1.74 bits per heavy atom. The molecule has 0 unspecified atom stereocenters. The Morgan fingerprint density at radius 1 is 1.03 bits per heavy atom. The van der Waals surface area contributed by atoms with E-state index in [1.807, 2.05) is 6.07 Å². The third kappa shape index (κ3) is 4.81. The normalized spacial score (nSPS) is 26.4. The smallest absolute Gasteiger partial charge is 0.126 e. The third-order valence-electron chi connectivity index (χ3n) is 6.77. The first kappa shape index (κ1) is 21.9. The molecule has 2 aliphatic rings. The van der Waals surface area contributed by atoms with Gasteiger partial charge in [-0.1, -0.05) is 60.4 Å². The molecule has 1 saturated heterocycles. The summed E-state index contributed by atoms with van der Waals surface area (Å²) < 4.78 is 13.1. The zero-order chi connectivity index (χ0) is 22.1. The van der Waals surface area contributed by atoms with Crippen molar-refractivity contribution in [1.29, 1.82) is 0 Å². The number of hydrogen-bond acceptors (Lipinski definition) is 3. The Balaban J connectivity index is 1.50. The first-order valence-corrected chi connectivity index (χ1v) is 11.5. The van der Waals surface area contributed by atoms with Gasteiger partial charge in [-0.15, -0.1) is 0 Å². The van der Waals surface area contributed by atoms with Gasteiger partial charge in [0.2, 0.25) is 0 Å². The largest absolute Gasteiger partial charge is 0.487 e. The second kappa shape index (κ2) is 8.69. The number of nitrogens with zero attached hydrogens (tertiary/aromatic N) is 1. The number of fused-ring (bicyclic) bond motifs is 3. The standard InChI is InChI=1S/C28H35NO2/c1-21(2)29(20-22-12-7-6-8-13-22)19-11-17-28(5)18-16-24-26(31-28)23-14-9-10-15-25(23)30-27(24,3)4/h6-10,12-15,21,24,26H,16,18-20H2,1-5H3/t24-,26+,28+/m1/s1.